The van der Waals surface area contributed by atoms with Gasteiger partial charge in [0.05, 0.1) is 37.5 Å². The lowest BCUT2D eigenvalue weighted by Crippen LogP contribution is -2.55. The molecule has 0 heterocycles. The molecule has 298 valence electrons. The van der Waals surface area contributed by atoms with Gasteiger partial charge < -0.3 is 25.2 Å². The Kier molecular flexibility index (Phi) is 15.5. The van der Waals surface area contributed by atoms with Gasteiger partial charge in [0.25, 0.3) is 0 Å². The molecule has 0 aliphatic heterocycles. The van der Waals surface area contributed by atoms with Crippen LogP contribution < -0.4 is 15.4 Å². The van der Waals surface area contributed by atoms with Crippen molar-refractivity contribution in [2.24, 2.45) is 0 Å². The Hall–Kier alpha value is -4.70. The van der Waals surface area contributed by atoms with Crippen LogP contribution in [0.1, 0.15) is 53.6 Å². The maximum Gasteiger partial charge on any atom is 0.410 e. The number of rotatable bonds is 20. The zero-order chi connectivity index (χ0) is 40.2. The van der Waals surface area contributed by atoms with E-state index in [0.717, 1.165) is 29.3 Å². The number of methoxy groups -OCH3 is 1. The van der Waals surface area contributed by atoms with Gasteiger partial charge in [0.15, 0.2) is 0 Å². The summed E-state index contributed by atoms with van der Waals surface area (Å²) in [7, 11) is -1.90. The quantitative estimate of drug-likeness (QED) is 0.122. The minimum atomic E-state index is -4.71. The number of nitrogens with zero attached hydrogens (tertiary/aromatic N) is 2. The monoisotopic (exact) mass is 786 g/mol. The molecule has 3 aromatic rings. The van der Waals surface area contributed by atoms with E-state index in [0.29, 0.717) is 16.5 Å². The van der Waals surface area contributed by atoms with E-state index in [4.69, 9.17) is 9.47 Å². The van der Waals surface area contributed by atoms with Crippen molar-refractivity contribution in [1.82, 2.24) is 19.8 Å². The Bertz CT molecular complexity index is 1850. The van der Waals surface area contributed by atoms with E-state index in [2.05, 4.69) is 23.8 Å². The number of carbonyl (C=O) groups excluding carboxylic acids is 2. The number of aliphatic hydroxyl groups excluding tert-OH is 1. The first-order valence-electron chi connectivity index (χ1n) is 17.8. The van der Waals surface area contributed by atoms with Crippen molar-refractivity contribution in [2.75, 3.05) is 33.0 Å². The van der Waals surface area contributed by atoms with Crippen LogP contribution in [0.3, 0.4) is 0 Å². The zero-order valence-electron chi connectivity index (χ0n) is 31.0. The minimum Gasteiger partial charge on any atom is -0.497 e. The highest BCUT2D eigenvalue weighted by Crippen LogP contribution is 2.44. The van der Waals surface area contributed by atoms with Crippen molar-refractivity contribution in [3.05, 3.63) is 126 Å². The third-order valence-corrected chi connectivity index (χ3v) is 11.4. The number of alkyl halides is 3. The van der Waals surface area contributed by atoms with E-state index in [9.17, 15) is 36.3 Å². The number of aliphatic hydroxyl groups is 1. The first-order valence-corrected chi connectivity index (χ1v) is 19.4. The Morgan fingerprint density at radius 3 is 2.25 bits per heavy atom. The van der Waals surface area contributed by atoms with Crippen LogP contribution in [-0.4, -0.2) is 92.1 Å². The molecule has 11 nitrogen and oxygen atoms in total. The summed E-state index contributed by atoms with van der Waals surface area (Å²) in [5, 5.41) is 17.8. The average Bonchev–Trinajstić information content (AvgIpc) is 3.53. The summed E-state index contributed by atoms with van der Waals surface area (Å²) in [6.07, 6.45) is -4.73. The van der Waals surface area contributed by atoms with Crippen molar-refractivity contribution >= 4 is 22.0 Å². The molecule has 0 bridgehead atoms. The molecule has 15 heteroatoms. The fourth-order valence-corrected chi connectivity index (χ4v) is 7.86. The van der Waals surface area contributed by atoms with Crippen LogP contribution in [0, 0.1) is 0 Å². The van der Waals surface area contributed by atoms with E-state index in [1.807, 2.05) is 60.7 Å². The summed E-state index contributed by atoms with van der Waals surface area (Å²) in [5.74, 6) is -1.44. The predicted octanol–water partition coefficient (Wildman–Crippen LogP) is 5.84. The van der Waals surface area contributed by atoms with Gasteiger partial charge in [-0.05, 0) is 53.6 Å². The van der Waals surface area contributed by atoms with Crippen LogP contribution in [-0.2, 0) is 32.6 Å². The Morgan fingerprint density at radius 2 is 1.65 bits per heavy atom. The van der Waals surface area contributed by atoms with E-state index >= 15 is 0 Å². The fourth-order valence-electron chi connectivity index (χ4n) is 6.52. The number of benzene rings is 3. The van der Waals surface area contributed by atoms with Gasteiger partial charge in [-0.2, -0.15) is 17.5 Å². The van der Waals surface area contributed by atoms with Gasteiger partial charge in [-0.25, -0.2) is 13.2 Å². The molecule has 3 aromatic carbocycles. The van der Waals surface area contributed by atoms with Crippen LogP contribution in [0.15, 0.2) is 104 Å². The van der Waals surface area contributed by atoms with Gasteiger partial charge in [0.1, 0.15) is 18.4 Å². The Balaban J connectivity index is 1.54. The smallest absolute Gasteiger partial charge is 0.410 e. The van der Waals surface area contributed by atoms with Crippen LogP contribution in [0.2, 0.25) is 0 Å². The lowest BCUT2D eigenvalue weighted by Gasteiger charge is -2.31. The molecule has 1 aliphatic rings. The van der Waals surface area contributed by atoms with E-state index < -0.39 is 64.6 Å². The van der Waals surface area contributed by atoms with Crippen molar-refractivity contribution in [2.45, 2.75) is 68.7 Å². The summed E-state index contributed by atoms with van der Waals surface area (Å²) < 4.78 is 76.3. The van der Waals surface area contributed by atoms with Crippen LogP contribution in [0.4, 0.5) is 18.0 Å². The summed E-state index contributed by atoms with van der Waals surface area (Å²) >= 11 is 0. The molecule has 0 aromatic heterocycles. The van der Waals surface area contributed by atoms with Gasteiger partial charge in [-0.15, -0.1) is 13.2 Å². The predicted molar refractivity (Wildman–Crippen MR) is 204 cm³/mol. The minimum absolute atomic E-state index is 0.0441. The van der Waals surface area contributed by atoms with Crippen LogP contribution in [0.25, 0.3) is 0 Å². The molecule has 3 N–H and O–H groups in total. The molecule has 0 fully saturated rings. The molecule has 0 saturated carbocycles. The van der Waals surface area contributed by atoms with Crippen LogP contribution >= 0.6 is 0 Å². The molecular weight excluding hydrogens is 738 g/mol. The van der Waals surface area contributed by atoms with Gasteiger partial charge in [-0.3, -0.25) is 9.69 Å². The molecule has 0 radical (unpaired) electrons. The molecule has 0 spiro atoms. The lowest BCUT2D eigenvalue weighted by molar-refractivity contribution is -0.130. The first kappa shape index (κ1) is 43.0. The second kappa shape index (κ2) is 19.8. The lowest BCUT2D eigenvalue weighted by atomic mass is 9.99. The molecule has 0 saturated heterocycles. The van der Waals surface area contributed by atoms with Gasteiger partial charge in [0.2, 0.25) is 15.9 Å². The van der Waals surface area contributed by atoms with Crippen molar-refractivity contribution in [1.29, 1.82) is 0 Å². The highest BCUT2D eigenvalue weighted by atomic mass is 32.2. The van der Waals surface area contributed by atoms with Gasteiger partial charge >= 0.3 is 12.3 Å². The summed E-state index contributed by atoms with van der Waals surface area (Å²) in [4.78, 5) is 28.8. The average molecular weight is 787 g/mol. The van der Waals surface area contributed by atoms with Gasteiger partial charge in [-0.1, -0.05) is 78.9 Å². The maximum absolute atomic E-state index is 13.7. The molecule has 5 atom stereocenters. The van der Waals surface area contributed by atoms with E-state index in [1.54, 1.807) is 36.3 Å². The van der Waals surface area contributed by atoms with Gasteiger partial charge in [0, 0.05) is 26.2 Å². The molecule has 1 aliphatic carbocycles. The third kappa shape index (κ3) is 12.1. The van der Waals surface area contributed by atoms with E-state index in [-0.39, 0.29) is 38.6 Å². The summed E-state index contributed by atoms with van der Waals surface area (Å²) in [5.41, 5.74) is 3.29. The zero-order valence-corrected chi connectivity index (χ0v) is 31.8. The van der Waals surface area contributed by atoms with Crippen molar-refractivity contribution < 1.29 is 45.8 Å². The molecule has 55 heavy (non-hydrogen) atoms. The number of nitrogens with one attached hydrogen (secondary N) is 2. The third-order valence-electron chi connectivity index (χ3n) is 9.51. The topological polar surface area (TPSA) is 138 Å². The second-order valence-electron chi connectivity index (χ2n) is 13.3. The normalized spacial score (nSPS) is 17.1. The molecule has 0 unspecified atom stereocenters. The van der Waals surface area contributed by atoms with Crippen LogP contribution in [0.5, 0.6) is 5.75 Å². The largest absolute Gasteiger partial charge is 0.497 e. The number of fused-ring (bicyclic) bond motifs is 1. The number of sulfonamides is 1. The standard InChI is InChI=1S/C40H49F3N4O7S/c1-5-13-35(46(3)55(51,52)22-20-40(41,42)43)38(49)45-34(23-28-14-9-7-10-15-28)37(48)26-44-33-25-36(31-19-18-30(53-4)24-32(31)33)47(21-6-2)39(50)54-27-29-16-11-8-12-17-29/h5-12,14-19,24,33-37,44,48H,1-2,13,20-23,25-27H2,3-4H3,(H,45,49)/t33-,34+,35+,36+,37-/m1/s1. The maximum atomic E-state index is 13.7. The Morgan fingerprint density at radius 1 is 1.00 bits per heavy atom. The number of halogens is 3. The number of hydrogen-bond donors (Lipinski definition) is 3. The number of amides is 2. The molecular formula is C40H49F3N4O7S. The van der Waals surface area contributed by atoms with Crippen molar-refractivity contribution in [3.63, 3.8) is 0 Å². The highest BCUT2D eigenvalue weighted by molar-refractivity contribution is 7.89. The van der Waals surface area contributed by atoms with Crippen molar-refractivity contribution in [3.8, 4) is 5.75 Å². The first-order chi connectivity index (χ1) is 26.2. The van der Waals surface area contributed by atoms with E-state index in [1.165, 1.54) is 6.08 Å². The number of ether oxygens (including phenoxy) is 2. The Labute approximate surface area is 320 Å². The highest BCUT2D eigenvalue weighted by Gasteiger charge is 2.39. The molecule has 4 rings (SSSR count). The molecule has 2 amide bonds. The number of hydrogen-bond acceptors (Lipinski definition) is 8. The summed E-state index contributed by atoms with van der Waals surface area (Å²) in [6.45, 7) is 7.68. The number of carbonyl (C=O) groups is 2. The number of likely N-dealkylation sites (N-methyl/N-ethyl adjacent to an activating group) is 1. The fraction of sp³-hybridized carbons (Fsp3) is 0.400. The summed E-state index contributed by atoms with van der Waals surface area (Å²) in [6, 6.07) is 20.7. The second-order valence-corrected chi connectivity index (χ2v) is 15.4. The SMILES string of the molecule is C=CC[C@@H](C(=O)N[C@@H](Cc1ccccc1)[C@H](O)CN[C@@H]1C[C@H](N(CC=C)C(=O)OCc2ccccc2)c2ccc(OC)cc21)N(C)S(=O)(=O)CCC(F)(F)F.